The van der Waals surface area contributed by atoms with E-state index < -0.39 is 0 Å². The molecule has 0 radical (unpaired) electrons. The number of fused-ring (bicyclic) bond motifs is 1. The van der Waals surface area contributed by atoms with E-state index in [1.807, 2.05) is 6.07 Å². The Morgan fingerprint density at radius 2 is 2.31 bits per heavy atom. The van der Waals surface area contributed by atoms with E-state index in [-0.39, 0.29) is 57.3 Å². The predicted octanol–water partition coefficient (Wildman–Crippen LogP) is -2.21. The first-order valence-corrected chi connectivity index (χ1v) is 3.91. The summed E-state index contributed by atoms with van der Waals surface area (Å²) >= 11 is 0. The minimum Gasteiger partial charge on any atom is -0.371 e. The van der Waals surface area contributed by atoms with Gasteiger partial charge in [-0.3, -0.25) is 4.79 Å². The van der Waals surface area contributed by atoms with Crippen LogP contribution in [0.2, 0.25) is 0 Å². The van der Waals surface area contributed by atoms with Crippen molar-refractivity contribution in [1.82, 2.24) is 4.98 Å². The van der Waals surface area contributed by atoms with Crippen LogP contribution >= 0.6 is 0 Å². The molecule has 0 saturated carbocycles. The monoisotopic (exact) mass is 200 g/mol. The molecule has 62 valence electrons. The fourth-order valence-electron chi connectivity index (χ4n) is 1.40. The number of nitrogens with zero attached hydrogens (tertiary/aromatic N) is 2. The van der Waals surface area contributed by atoms with Gasteiger partial charge in [-0.1, -0.05) is 6.20 Å². The molecule has 2 rings (SSSR count). The van der Waals surface area contributed by atoms with Crippen LogP contribution in [0.25, 0.3) is 0 Å². The van der Waals surface area contributed by atoms with Gasteiger partial charge in [0.15, 0.2) is 0 Å². The second kappa shape index (κ2) is 4.66. The third kappa shape index (κ3) is 2.19. The summed E-state index contributed by atoms with van der Waals surface area (Å²) in [5.74, 6) is 0.892. The van der Waals surface area contributed by atoms with Gasteiger partial charge in [0.25, 0.3) is 0 Å². The van der Waals surface area contributed by atoms with Gasteiger partial charge in [0.2, 0.25) is 5.91 Å². The maximum Gasteiger partial charge on any atom is 1.00 e. The van der Waals surface area contributed by atoms with Gasteiger partial charge in [0.1, 0.15) is 0 Å². The molecule has 0 unspecified atom stereocenters. The van der Waals surface area contributed by atoms with E-state index in [0.717, 1.165) is 17.8 Å². The Labute approximate surface area is 120 Å². The molecule has 1 amide bonds. The molecular formula is C9H9KN2O. The van der Waals surface area contributed by atoms with E-state index >= 15 is 0 Å². The molecule has 0 saturated heterocycles. The largest absolute Gasteiger partial charge is 1.00 e. The molecule has 2 heterocycles. The van der Waals surface area contributed by atoms with Crippen molar-refractivity contribution in [2.45, 2.75) is 12.8 Å². The second-order valence-electron chi connectivity index (χ2n) is 2.88. The third-order valence-electron chi connectivity index (χ3n) is 2.12. The van der Waals surface area contributed by atoms with Crippen LogP contribution in [0.1, 0.15) is 12.0 Å². The van der Waals surface area contributed by atoms with Gasteiger partial charge >= 0.3 is 51.4 Å². The van der Waals surface area contributed by atoms with Crippen molar-refractivity contribution in [2.75, 3.05) is 11.9 Å². The number of carbonyl (C=O) groups is 1. The fourth-order valence-corrected chi connectivity index (χ4v) is 1.40. The Morgan fingerprint density at radius 1 is 1.54 bits per heavy atom. The first kappa shape index (κ1) is 11.3. The van der Waals surface area contributed by atoms with Crippen LogP contribution < -0.4 is 56.3 Å². The van der Waals surface area contributed by atoms with Crippen molar-refractivity contribution in [3.8, 4) is 0 Å². The molecule has 0 bridgehead atoms. The molecule has 1 aromatic rings. The van der Waals surface area contributed by atoms with E-state index in [9.17, 15) is 4.79 Å². The average Bonchev–Trinajstić information content (AvgIpc) is 2.12. The predicted molar refractivity (Wildman–Crippen MR) is 44.8 cm³/mol. The summed E-state index contributed by atoms with van der Waals surface area (Å²) in [5, 5.41) is 0. The van der Waals surface area contributed by atoms with Crippen molar-refractivity contribution in [2.24, 2.45) is 0 Å². The summed E-state index contributed by atoms with van der Waals surface area (Å²) in [6.07, 6.45) is 4.13. The van der Waals surface area contributed by atoms with Crippen molar-refractivity contribution >= 4 is 11.7 Å². The molecule has 1 aromatic heterocycles. The van der Waals surface area contributed by atoms with Crippen LogP contribution in [0.5, 0.6) is 0 Å². The smallest absolute Gasteiger partial charge is 0.371 e. The van der Waals surface area contributed by atoms with Gasteiger partial charge in [-0.05, 0) is 6.42 Å². The topological polar surface area (TPSA) is 33.2 Å². The minimum absolute atomic E-state index is 0. The molecule has 1 aliphatic heterocycles. The summed E-state index contributed by atoms with van der Waals surface area (Å²) in [5.41, 5.74) is 1.14. The number of hydrogen-bond donors (Lipinski definition) is 0. The number of aromatic nitrogens is 1. The Balaban J connectivity index is 0.000000845. The standard InChI is InChI=1S/C9H9N2O.K/c1-11-8(12)5-4-7-3-2-6-10-9(7)11;/h2-3H,4-5H2,1H3;/q-1;+1. The van der Waals surface area contributed by atoms with E-state index in [4.69, 9.17) is 0 Å². The van der Waals surface area contributed by atoms with Crippen molar-refractivity contribution in [1.29, 1.82) is 0 Å². The second-order valence-corrected chi connectivity index (χ2v) is 2.88. The molecule has 0 aromatic carbocycles. The van der Waals surface area contributed by atoms with E-state index in [1.165, 1.54) is 0 Å². The van der Waals surface area contributed by atoms with Gasteiger partial charge < -0.3 is 9.88 Å². The Morgan fingerprint density at radius 3 is 3.08 bits per heavy atom. The maximum absolute atomic E-state index is 11.2. The molecule has 1 aliphatic rings. The van der Waals surface area contributed by atoms with Crippen molar-refractivity contribution in [3.05, 3.63) is 23.9 Å². The first-order valence-electron chi connectivity index (χ1n) is 3.91. The van der Waals surface area contributed by atoms with E-state index in [1.54, 1.807) is 18.0 Å². The Hall–Kier alpha value is 0.256. The Bertz CT molecular complexity index is 327. The van der Waals surface area contributed by atoms with Gasteiger partial charge in [0.05, 0.1) is 0 Å². The maximum atomic E-state index is 11.2. The van der Waals surface area contributed by atoms with E-state index in [0.29, 0.717) is 6.42 Å². The summed E-state index contributed by atoms with van der Waals surface area (Å²) in [4.78, 5) is 16.9. The zero-order valence-electron chi connectivity index (χ0n) is 7.87. The number of rotatable bonds is 0. The summed E-state index contributed by atoms with van der Waals surface area (Å²) in [6.45, 7) is 0. The van der Waals surface area contributed by atoms with Crippen LogP contribution in [0.3, 0.4) is 0 Å². The zero-order valence-corrected chi connectivity index (χ0v) is 11.0. The van der Waals surface area contributed by atoms with Crippen LogP contribution in [-0.4, -0.2) is 17.9 Å². The SMILES string of the molecule is CN1C(=O)CCc2cc[c-]nc21.[K+]. The first-order chi connectivity index (χ1) is 5.79. The molecule has 0 spiro atoms. The van der Waals surface area contributed by atoms with Gasteiger partial charge in [0, 0.05) is 19.3 Å². The molecule has 3 nitrogen and oxygen atoms in total. The van der Waals surface area contributed by atoms with Crippen LogP contribution in [0.15, 0.2) is 12.1 Å². The minimum atomic E-state index is 0. The van der Waals surface area contributed by atoms with Crippen molar-refractivity contribution < 1.29 is 56.2 Å². The number of anilines is 1. The number of aryl methyl sites for hydroxylation is 1. The van der Waals surface area contributed by atoms with Crippen molar-refractivity contribution in [3.63, 3.8) is 0 Å². The molecule has 0 aliphatic carbocycles. The number of hydrogen-bond acceptors (Lipinski definition) is 2. The van der Waals surface area contributed by atoms with E-state index in [2.05, 4.69) is 11.2 Å². The molecule has 4 heteroatoms. The third-order valence-corrected chi connectivity index (χ3v) is 2.12. The molecule has 0 atom stereocenters. The van der Waals surface area contributed by atoms with Crippen LogP contribution in [0, 0.1) is 6.20 Å². The van der Waals surface area contributed by atoms with Gasteiger partial charge in [-0.15, -0.1) is 5.56 Å². The average molecular weight is 200 g/mol. The molecule has 0 N–H and O–H groups in total. The normalized spacial score (nSPS) is 14.8. The molecule has 0 fully saturated rings. The Kier molecular flexibility index (Phi) is 4.06. The summed E-state index contributed by atoms with van der Waals surface area (Å²) in [6, 6.07) is 3.74. The fraction of sp³-hybridized carbons (Fsp3) is 0.333. The van der Waals surface area contributed by atoms with Crippen LogP contribution in [-0.2, 0) is 11.2 Å². The summed E-state index contributed by atoms with van der Waals surface area (Å²) < 4.78 is 0. The van der Waals surface area contributed by atoms with Crippen LogP contribution in [0.4, 0.5) is 5.82 Å². The number of pyridine rings is 1. The quantitative estimate of drug-likeness (QED) is 0.352. The molecule has 13 heavy (non-hydrogen) atoms. The number of carbonyl (C=O) groups excluding carboxylic acids is 1. The summed E-state index contributed by atoms with van der Waals surface area (Å²) in [7, 11) is 1.75. The van der Waals surface area contributed by atoms with Gasteiger partial charge in [-0.2, -0.15) is 12.1 Å². The molecular weight excluding hydrogens is 191 g/mol. The van der Waals surface area contributed by atoms with Gasteiger partial charge in [-0.25, -0.2) is 0 Å². The zero-order chi connectivity index (χ0) is 8.55. The number of amides is 1.